The molecule has 3 rings (SSSR count). The average Bonchev–Trinajstić information content (AvgIpc) is 3.04. The van der Waals surface area contributed by atoms with E-state index in [0.717, 1.165) is 0 Å². The van der Waals surface area contributed by atoms with Gasteiger partial charge in [-0.25, -0.2) is 8.60 Å². The summed E-state index contributed by atoms with van der Waals surface area (Å²) in [5.74, 6) is -0.664. The van der Waals surface area contributed by atoms with E-state index < -0.39 is 29.8 Å². The molecular weight excluding hydrogens is 386 g/mol. The lowest BCUT2D eigenvalue weighted by Crippen LogP contribution is -2.36. The number of rotatable bonds is 5. The van der Waals surface area contributed by atoms with Gasteiger partial charge in [-0.15, -0.1) is 0 Å². The Morgan fingerprint density at radius 2 is 1.89 bits per heavy atom. The molecule has 10 heteroatoms. The molecule has 3 aromatic rings. The van der Waals surface area contributed by atoms with E-state index in [1.165, 1.54) is 61.1 Å². The van der Waals surface area contributed by atoms with E-state index in [2.05, 4.69) is 5.32 Å². The summed E-state index contributed by atoms with van der Waals surface area (Å²) < 4.78 is 32.4. The predicted octanol–water partition coefficient (Wildman–Crippen LogP) is 1.01. The van der Waals surface area contributed by atoms with Crippen LogP contribution in [-0.2, 0) is 11.0 Å². The molecule has 1 atom stereocenters. The normalized spacial score (nSPS) is 12.1. The largest absolute Gasteiger partial charge is 0.490 e. The molecule has 146 valence electrons. The quantitative estimate of drug-likeness (QED) is 0.551. The van der Waals surface area contributed by atoms with Crippen LogP contribution in [-0.4, -0.2) is 47.6 Å². The van der Waals surface area contributed by atoms with Crippen molar-refractivity contribution in [2.45, 2.75) is 0 Å². The maximum Gasteiger partial charge on any atom is 0.490 e. The van der Waals surface area contributed by atoms with Crippen LogP contribution in [0, 0.1) is 5.82 Å². The van der Waals surface area contributed by atoms with Gasteiger partial charge in [0.2, 0.25) is 0 Å². The smallest absolute Gasteiger partial charge is 0.455 e. The maximum atomic E-state index is 13.3. The summed E-state index contributed by atoms with van der Waals surface area (Å²) in [6.07, 6.45) is 1.44. The summed E-state index contributed by atoms with van der Waals surface area (Å²) >= 11 is 0. The lowest BCUT2D eigenvalue weighted by molar-refractivity contribution is 0.0964. The van der Waals surface area contributed by atoms with Crippen molar-refractivity contribution >= 4 is 46.1 Å². The van der Waals surface area contributed by atoms with Gasteiger partial charge in [-0.1, -0.05) is 0 Å². The van der Waals surface area contributed by atoms with Crippen LogP contribution < -0.4 is 15.1 Å². The first kappa shape index (κ1) is 20.1. The second-order valence-electron chi connectivity index (χ2n) is 6.09. The molecular formula is C18H18BFN2O5S. The number of halogens is 1. The van der Waals surface area contributed by atoms with Gasteiger partial charge in [0.15, 0.2) is 0 Å². The van der Waals surface area contributed by atoms with Crippen molar-refractivity contribution in [1.82, 2.24) is 5.32 Å². The van der Waals surface area contributed by atoms with Crippen molar-refractivity contribution in [3.05, 3.63) is 47.8 Å². The van der Waals surface area contributed by atoms with Crippen molar-refractivity contribution < 1.29 is 27.9 Å². The minimum Gasteiger partial charge on any atom is -0.455 e. The highest BCUT2D eigenvalue weighted by atomic mass is 32.2. The second kappa shape index (κ2) is 7.74. The van der Waals surface area contributed by atoms with Gasteiger partial charge in [0, 0.05) is 42.8 Å². The second-order valence-corrected chi connectivity index (χ2v) is 7.49. The van der Waals surface area contributed by atoms with Crippen LogP contribution >= 0.6 is 0 Å². The molecule has 28 heavy (non-hydrogen) atoms. The summed E-state index contributed by atoms with van der Waals surface area (Å²) in [6, 6.07) is 8.37. The maximum absolute atomic E-state index is 13.3. The molecule has 0 bridgehead atoms. The first-order valence-electron chi connectivity index (χ1n) is 8.26. The van der Waals surface area contributed by atoms with Crippen LogP contribution in [0.2, 0.25) is 0 Å². The number of hydrogen-bond donors (Lipinski definition) is 3. The van der Waals surface area contributed by atoms with Crippen LogP contribution in [0.25, 0.3) is 22.3 Å². The Hall–Kier alpha value is -2.69. The molecule has 2 aromatic carbocycles. The molecule has 7 nitrogen and oxygen atoms in total. The van der Waals surface area contributed by atoms with Crippen molar-refractivity contribution in [3.63, 3.8) is 0 Å². The third-order valence-electron chi connectivity index (χ3n) is 4.40. The van der Waals surface area contributed by atoms with Gasteiger partial charge in [0.25, 0.3) is 5.91 Å². The van der Waals surface area contributed by atoms with E-state index >= 15 is 0 Å². The van der Waals surface area contributed by atoms with Gasteiger partial charge < -0.3 is 19.8 Å². The zero-order chi connectivity index (χ0) is 20.6. The number of furan rings is 1. The van der Waals surface area contributed by atoms with Gasteiger partial charge in [0.1, 0.15) is 28.1 Å². The lowest BCUT2D eigenvalue weighted by Gasteiger charge is -2.19. The third-order valence-corrected chi connectivity index (χ3v) is 5.37. The van der Waals surface area contributed by atoms with Crippen LogP contribution in [0.5, 0.6) is 0 Å². The summed E-state index contributed by atoms with van der Waals surface area (Å²) in [4.78, 5) is 12.5. The fourth-order valence-corrected chi connectivity index (χ4v) is 3.36. The predicted molar refractivity (Wildman–Crippen MR) is 107 cm³/mol. The van der Waals surface area contributed by atoms with Crippen molar-refractivity contribution in [2.75, 3.05) is 24.7 Å². The molecule has 1 unspecified atom stereocenters. The summed E-state index contributed by atoms with van der Waals surface area (Å²) in [7, 11) is -0.292. The van der Waals surface area contributed by atoms with Crippen LogP contribution in [0.3, 0.4) is 0 Å². The minimum atomic E-state index is -1.85. The number of hydrogen-bond acceptors (Lipinski definition) is 5. The van der Waals surface area contributed by atoms with E-state index in [1.807, 2.05) is 0 Å². The molecule has 0 aliphatic heterocycles. The minimum absolute atomic E-state index is 0.0711. The number of amides is 1. The van der Waals surface area contributed by atoms with Crippen LogP contribution in [0.15, 0.2) is 40.8 Å². The number of benzene rings is 2. The fraction of sp³-hybridized carbons (Fsp3) is 0.167. The molecule has 0 aliphatic carbocycles. The zero-order valence-corrected chi connectivity index (χ0v) is 16.2. The Labute approximate surface area is 163 Å². The molecule has 0 saturated carbocycles. The van der Waals surface area contributed by atoms with E-state index in [9.17, 15) is 23.4 Å². The highest BCUT2D eigenvalue weighted by Crippen LogP contribution is 2.35. The van der Waals surface area contributed by atoms with E-state index in [-0.39, 0.29) is 28.1 Å². The van der Waals surface area contributed by atoms with E-state index in [1.54, 1.807) is 0 Å². The molecule has 0 fully saturated rings. The Bertz CT molecular complexity index is 1070. The molecule has 1 heterocycles. The molecule has 1 aromatic heterocycles. The number of nitrogens with zero attached hydrogens (tertiary/aromatic N) is 1. The summed E-state index contributed by atoms with van der Waals surface area (Å²) in [5, 5.41) is 22.5. The topological polar surface area (TPSA) is 103 Å². The first-order valence-corrected chi connectivity index (χ1v) is 9.78. The highest BCUT2D eigenvalue weighted by molar-refractivity contribution is 7.85. The highest BCUT2D eigenvalue weighted by Gasteiger charge is 2.27. The van der Waals surface area contributed by atoms with Crippen LogP contribution in [0.1, 0.15) is 10.4 Å². The number of nitrogens with one attached hydrogen (secondary N) is 1. The molecule has 0 saturated heterocycles. The molecule has 0 spiro atoms. The fourth-order valence-electron chi connectivity index (χ4n) is 2.92. The molecule has 0 radical (unpaired) electrons. The molecule has 0 aliphatic rings. The van der Waals surface area contributed by atoms with Gasteiger partial charge >= 0.3 is 7.12 Å². The molecule has 3 N–H and O–H groups in total. The first-order chi connectivity index (χ1) is 13.2. The van der Waals surface area contributed by atoms with Gasteiger partial charge in [-0.2, -0.15) is 0 Å². The summed E-state index contributed by atoms with van der Waals surface area (Å²) in [6.45, 7) is 0. The monoisotopic (exact) mass is 404 g/mol. The number of fused-ring (bicyclic) bond motifs is 1. The SMILES string of the molecule is CNC(=O)c1c(-c2ccc(F)cc2)oc2cc(N(C)S(C)=O)c(B(O)O)cc12. The Balaban J connectivity index is 2.35. The van der Waals surface area contributed by atoms with Gasteiger partial charge in [-0.05, 0) is 30.3 Å². The number of anilines is 1. The third kappa shape index (κ3) is 3.53. The molecule has 1 amide bonds. The number of carbonyl (C=O) groups is 1. The number of carbonyl (C=O) groups excluding carboxylic acids is 1. The average molecular weight is 404 g/mol. The van der Waals surface area contributed by atoms with Crippen molar-refractivity contribution in [3.8, 4) is 11.3 Å². The van der Waals surface area contributed by atoms with Gasteiger partial charge in [-0.3, -0.25) is 9.10 Å². The van der Waals surface area contributed by atoms with Crippen molar-refractivity contribution in [1.29, 1.82) is 0 Å². The van der Waals surface area contributed by atoms with E-state index in [4.69, 9.17) is 4.42 Å². The standard InChI is InChI=1S/C18H18BFN2O5S/c1-21-18(23)16-12-8-13(19(24)25)14(22(2)28(3)26)9-15(12)27-17(16)10-4-6-11(20)7-5-10/h4-9,24-25H,1-3H3,(H,21,23). The zero-order valence-electron chi connectivity index (χ0n) is 15.4. The van der Waals surface area contributed by atoms with E-state index in [0.29, 0.717) is 10.9 Å². The van der Waals surface area contributed by atoms with Crippen molar-refractivity contribution in [2.24, 2.45) is 0 Å². The summed E-state index contributed by atoms with van der Waals surface area (Å²) in [5.41, 5.74) is 1.30. The Morgan fingerprint density at radius 3 is 2.43 bits per heavy atom. The van der Waals surface area contributed by atoms with Gasteiger partial charge in [0.05, 0.1) is 11.3 Å². The Kier molecular flexibility index (Phi) is 5.55. The van der Waals surface area contributed by atoms with Crippen LogP contribution in [0.4, 0.5) is 10.1 Å². The lowest BCUT2D eigenvalue weighted by atomic mass is 9.78. The Morgan fingerprint density at radius 1 is 1.25 bits per heavy atom.